The van der Waals surface area contributed by atoms with Crippen LogP contribution in [-0.2, 0) is 23.7 Å². The van der Waals surface area contributed by atoms with Gasteiger partial charge in [-0.1, -0.05) is 6.07 Å². The maximum atomic E-state index is 14.1. The van der Waals surface area contributed by atoms with E-state index in [1.54, 1.807) is 0 Å². The van der Waals surface area contributed by atoms with Crippen LogP contribution in [0.5, 0.6) is 23.0 Å². The molecule has 0 spiro atoms. The van der Waals surface area contributed by atoms with Crippen LogP contribution >= 0.6 is 0 Å². The lowest BCUT2D eigenvalue weighted by atomic mass is 9.74. The van der Waals surface area contributed by atoms with E-state index < -0.39 is 161 Å². The Balaban J connectivity index is 1.37. The van der Waals surface area contributed by atoms with Gasteiger partial charge >= 0.3 is 5.97 Å². The van der Waals surface area contributed by atoms with Crippen LogP contribution < -0.4 is 10.1 Å². The molecule has 1 amide bonds. The zero-order valence-corrected chi connectivity index (χ0v) is 31.7. The lowest BCUT2D eigenvalue weighted by Gasteiger charge is -2.45. The lowest BCUT2D eigenvalue weighted by Crippen LogP contribution is -2.62. The van der Waals surface area contributed by atoms with Gasteiger partial charge in [-0.25, -0.2) is 4.79 Å². The van der Waals surface area contributed by atoms with Crippen molar-refractivity contribution in [1.82, 2.24) is 5.32 Å². The molecule has 0 radical (unpaired) electrons. The van der Waals surface area contributed by atoms with Crippen molar-refractivity contribution in [1.29, 1.82) is 0 Å². The molecule has 2 aliphatic heterocycles. The minimum atomic E-state index is -1.98. The number of aryl methyl sites for hydroxylation is 1. The van der Waals surface area contributed by atoms with E-state index in [-0.39, 0.29) is 28.0 Å². The number of methoxy groups -OCH3 is 1. The summed E-state index contributed by atoms with van der Waals surface area (Å²) in [4.78, 5) is 53.3. The van der Waals surface area contributed by atoms with Gasteiger partial charge in [-0.15, -0.1) is 0 Å². The zero-order valence-electron chi connectivity index (χ0n) is 31.7. The predicted molar refractivity (Wildman–Crippen MR) is 195 cm³/mol. The largest absolute Gasteiger partial charge is 0.507 e. The summed E-state index contributed by atoms with van der Waals surface area (Å²) in [6.07, 6.45) is -18.8. The Labute approximate surface area is 338 Å². The summed E-state index contributed by atoms with van der Waals surface area (Å²) >= 11 is 0. The topological polar surface area (TPSA) is 349 Å². The molecular formula is C39H41NO20. The molecule has 0 aromatic heterocycles. The molecule has 21 heteroatoms. The van der Waals surface area contributed by atoms with E-state index in [2.05, 4.69) is 5.32 Å². The molecule has 3 aromatic rings. The number of nitrogens with one attached hydrogen (secondary N) is 1. The standard InChI is InChI=1S/C39H41NO20/c1-10-4-16-23(30(49)20(10)36(53)40-17(8-41)37(54)55)22-14(7-15-24(31(22)50)27(46)13-5-12(56-3)6-18(42)21(13)26(15)45)28(47)34(16)59-39-33(52)35(25(44)11(2)58-39)60-38-32(51)29(48)19(43)9-57-38/h4-7,11,17,19,25,28-29,32-35,38-39,41-44,47-52H,8-9H2,1-3H3,(H,40,53)(H,54,55)/t11-,17-,19-,25-,28+,29+,32-,33-,34+,35+,38+,39+/m1/s1. The maximum Gasteiger partial charge on any atom is 0.328 e. The lowest BCUT2D eigenvalue weighted by molar-refractivity contribution is -0.353. The van der Waals surface area contributed by atoms with E-state index in [9.17, 15) is 75.3 Å². The number of phenols is 3. The Morgan fingerprint density at radius 2 is 1.47 bits per heavy atom. The smallest absolute Gasteiger partial charge is 0.328 e. The third-order valence-electron chi connectivity index (χ3n) is 11.1. The van der Waals surface area contributed by atoms with Gasteiger partial charge < -0.3 is 85.2 Å². The first-order valence-electron chi connectivity index (χ1n) is 18.4. The number of aliphatic hydroxyl groups is 7. The van der Waals surface area contributed by atoms with Crippen LogP contribution in [0.25, 0.3) is 11.1 Å². The van der Waals surface area contributed by atoms with Gasteiger partial charge in [0.05, 0.1) is 43.1 Å². The number of fused-ring (bicyclic) bond motifs is 5. The van der Waals surface area contributed by atoms with E-state index in [1.165, 1.54) is 27.0 Å². The number of ketones is 2. The number of carboxylic acids is 1. The summed E-state index contributed by atoms with van der Waals surface area (Å²) in [5.74, 6) is -7.35. The minimum Gasteiger partial charge on any atom is -0.507 e. The molecule has 60 heavy (non-hydrogen) atoms. The van der Waals surface area contributed by atoms with Gasteiger partial charge in [-0.05, 0) is 42.7 Å². The Hall–Kier alpha value is -5.30. The molecule has 0 saturated carbocycles. The van der Waals surface area contributed by atoms with Gasteiger partial charge in [-0.2, -0.15) is 0 Å². The van der Waals surface area contributed by atoms with Gasteiger partial charge in [0.2, 0.25) is 0 Å². The summed E-state index contributed by atoms with van der Waals surface area (Å²) in [6.45, 7) is 1.14. The summed E-state index contributed by atoms with van der Waals surface area (Å²) in [5.41, 5.74) is -4.12. The molecule has 2 saturated heterocycles. The molecule has 4 aliphatic rings. The van der Waals surface area contributed by atoms with E-state index in [0.717, 1.165) is 18.2 Å². The SMILES string of the molecule is COc1cc(O)c2c(c1)C(=O)c1c(cc3c(c1O)-c1c(cc(C)c(C(=O)N[C@H](CO)C(=O)O)c1O)[C@H](O[C@@H]1O[C@H](C)[C@@H](O)[C@H](O[C@@H]4OC[C@@H](O)[C@H](O)[C@H]4O)[C@H]1O)[C@H]3O)C2=O. The number of aromatic hydroxyl groups is 3. The van der Waals surface area contributed by atoms with Gasteiger partial charge in [0, 0.05) is 28.3 Å². The third kappa shape index (κ3) is 6.82. The van der Waals surface area contributed by atoms with Crippen LogP contribution in [0, 0.1) is 6.92 Å². The number of aliphatic hydroxyl groups excluding tert-OH is 7. The van der Waals surface area contributed by atoms with E-state index >= 15 is 0 Å². The first kappa shape index (κ1) is 42.8. The summed E-state index contributed by atoms with van der Waals surface area (Å²) < 4.78 is 28.0. The number of ether oxygens (including phenoxy) is 5. The number of carbonyl (C=O) groups is 4. The second-order valence-corrected chi connectivity index (χ2v) is 14.8. The van der Waals surface area contributed by atoms with Crippen LogP contribution in [0.1, 0.15) is 78.0 Å². The van der Waals surface area contributed by atoms with E-state index in [0.29, 0.717) is 0 Å². The molecule has 21 nitrogen and oxygen atoms in total. The molecule has 7 rings (SSSR count). The van der Waals surface area contributed by atoms with Crippen LogP contribution in [0.15, 0.2) is 24.3 Å². The first-order valence-corrected chi connectivity index (χ1v) is 18.4. The molecule has 12 N–H and O–H groups in total. The molecular weight excluding hydrogens is 802 g/mol. The Morgan fingerprint density at radius 3 is 2.12 bits per heavy atom. The van der Waals surface area contributed by atoms with Gasteiger partial charge in [0.25, 0.3) is 5.91 Å². The highest BCUT2D eigenvalue weighted by Crippen LogP contribution is 2.57. The highest BCUT2D eigenvalue weighted by Gasteiger charge is 2.51. The fraction of sp³-hybridized carbons (Fsp3) is 0.436. The van der Waals surface area contributed by atoms with Crippen molar-refractivity contribution in [2.24, 2.45) is 0 Å². The summed E-state index contributed by atoms with van der Waals surface area (Å²) in [7, 11) is 1.24. The molecule has 2 aliphatic carbocycles. The number of aliphatic carboxylic acids is 1. The van der Waals surface area contributed by atoms with Crippen LogP contribution in [0.3, 0.4) is 0 Å². The number of amides is 1. The predicted octanol–water partition coefficient (Wildman–Crippen LogP) is -1.87. The molecule has 322 valence electrons. The maximum absolute atomic E-state index is 14.1. The summed E-state index contributed by atoms with van der Waals surface area (Å²) in [6, 6.07) is 2.62. The van der Waals surface area contributed by atoms with Crippen LogP contribution in [0.4, 0.5) is 0 Å². The Kier molecular flexibility index (Phi) is 11.4. The van der Waals surface area contributed by atoms with Crippen molar-refractivity contribution < 1.29 is 99.0 Å². The van der Waals surface area contributed by atoms with E-state index in [4.69, 9.17) is 23.7 Å². The average Bonchev–Trinajstić information content (AvgIpc) is 3.20. The minimum absolute atomic E-state index is 0.0131. The average molecular weight is 844 g/mol. The van der Waals surface area contributed by atoms with Crippen molar-refractivity contribution in [3.63, 3.8) is 0 Å². The highest BCUT2D eigenvalue weighted by molar-refractivity contribution is 6.31. The van der Waals surface area contributed by atoms with Crippen molar-refractivity contribution in [3.8, 4) is 34.1 Å². The molecule has 12 atom stereocenters. The number of hydrogen-bond donors (Lipinski definition) is 12. The number of hydrogen-bond acceptors (Lipinski definition) is 19. The Morgan fingerprint density at radius 1 is 0.817 bits per heavy atom. The van der Waals surface area contributed by atoms with Crippen molar-refractivity contribution in [2.75, 3.05) is 20.3 Å². The normalized spacial score (nSPS) is 30.1. The Bertz CT molecular complexity index is 2280. The van der Waals surface area contributed by atoms with Crippen LogP contribution in [-0.4, -0.2) is 161 Å². The quantitative estimate of drug-likeness (QED) is 0.0878. The number of carbonyl (C=O) groups excluding carboxylic acids is 3. The molecule has 0 unspecified atom stereocenters. The van der Waals surface area contributed by atoms with Crippen molar-refractivity contribution in [2.45, 2.75) is 87.4 Å². The molecule has 2 fully saturated rings. The fourth-order valence-electron chi connectivity index (χ4n) is 7.97. The molecule has 0 bridgehead atoms. The van der Waals surface area contributed by atoms with Gasteiger partial charge in [-0.3, -0.25) is 14.4 Å². The first-order chi connectivity index (χ1) is 28.3. The molecule has 2 heterocycles. The van der Waals surface area contributed by atoms with Crippen molar-refractivity contribution in [3.05, 3.63) is 68.8 Å². The summed E-state index contributed by atoms with van der Waals surface area (Å²) in [5, 5.41) is 121. The molecule has 3 aromatic carbocycles. The monoisotopic (exact) mass is 843 g/mol. The van der Waals surface area contributed by atoms with Gasteiger partial charge in [0.1, 0.15) is 71.8 Å². The van der Waals surface area contributed by atoms with Crippen molar-refractivity contribution >= 4 is 23.4 Å². The number of carboxylic acid groups (broad SMARTS) is 1. The van der Waals surface area contributed by atoms with E-state index in [1.807, 2.05) is 0 Å². The number of benzene rings is 3. The fourth-order valence-corrected chi connectivity index (χ4v) is 7.97. The number of rotatable bonds is 9. The van der Waals surface area contributed by atoms with Crippen LogP contribution in [0.2, 0.25) is 0 Å². The zero-order chi connectivity index (χ0) is 43.8. The highest BCUT2D eigenvalue weighted by atomic mass is 16.7. The second-order valence-electron chi connectivity index (χ2n) is 14.8. The second kappa shape index (κ2) is 15.9. The number of phenolic OH excluding ortho intramolecular Hbond substituents is 3. The third-order valence-corrected chi connectivity index (χ3v) is 11.1. The van der Waals surface area contributed by atoms with Gasteiger partial charge in [0.15, 0.2) is 30.2 Å².